The van der Waals surface area contributed by atoms with Crippen LogP contribution in [0.15, 0.2) is 47.6 Å². The quantitative estimate of drug-likeness (QED) is 0.0265. The van der Waals surface area contributed by atoms with E-state index in [0.29, 0.717) is 10.8 Å². The third kappa shape index (κ3) is 20.2. The van der Waals surface area contributed by atoms with Crippen molar-refractivity contribution in [1.82, 2.24) is 0 Å². The average molecular weight is 1280 g/mol. The van der Waals surface area contributed by atoms with Crippen molar-refractivity contribution in [3.05, 3.63) is 47.6 Å². The maximum absolute atomic E-state index is 15.4. The van der Waals surface area contributed by atoms with Crippen molar-refractivity contribution in [3.63, 3.8) is 0 Å². The van der Waals surface area contributed by atoms with Crippen LogP contribution in [0.3, 0.4) is 0 Å². The first-order valence-corrected chi connectivity index (χ1v) is 42.3. The molecule has 8 aliphatic rings. The number of fused-ring (bicyclic) bond motifs is 10. The smallest absolute Gasteiger partial charge is 0.316 e. The molecule has 0 saturated heterocycles. The van der Waals surface area contributed by atoms with Gasteiger partial charge < -0.3 is 4.74 Å². The maximum atomic E-state index is 15.4. The lowest BCUT2D eigenvalue weighted by Crippen LogP contribution is -2.51. The molecule has 6 fully saturated rings. The molecule has 0 aromatic heterocycles. The van der Waals surface area contributed by atoms with E-state index < -0.39 is 0 Å². The zero-order chi connectivity index (χ0) is 66.4. The summed E-state index contributed by atoms with van der Waals surface area (Å²) >= 11 is 0. The van der Waals surface area contributed by atoms with E-state index >= 15 is 9.59 Å². The first-order chi connectivity index (χ1) is 44.9. The summed E-state index contributed by atoms with van der Waals surface area (Å²) in [5, 5.41) is 0. The number of allylic oxidation sites excluding steroid dienone is 8. The first-order valence-electron chi connectivity index (χ1n) is 42.3. The molecular formula is C90H154O3. The van der Waals surface area contributed by atoms with Crippen molar-refractivity contribution >= 4 is 11.9 Å². The number of hydrogen-bond donors (Lipinski definition) is 0. The molecule has 0 N–H and O–H groups in total. The highest BCUT2D eigenvalue weighted by Crippen LogP contribution is 2.70. The van der Waals surface area contributed by atoms with Gasteiger partial charge in [0.2, 0.25) is 0 Å². The fraction of sp³-hybridized carbons (Fsp3) is 0.889. The summed E-state index contributed by atoms with van der Waals surface area (Å²) in [6.07, 6.45) is 76.2. The van der Waals surface area contributed by atoms with E-state index in [1.165, 1.54) is 244 Å². The summed E-state index contributed by atoms with van der Waals surface area (Å²) in [5.41, 5.74) is 4.79. The van der Waals surface area contributed by atoms with Crippen LogP contribution in [0.25, 0.3) is 0 Å². The number of carbonyl (C=O) groups is 2. The molecule has 93 heavy (non-hydrogen) atoms. The molecule has 0 amide bonds. The standard InChI is InChI=1S/C90H154O3/c1-13-15-17-19-21-23-25-27-29-31-33-35-37-39-47-75(71-57-61-87(9)73(65-71)49-51-77-81-55-53-79(69(7)45-41-43-67(3)4)89(81,11)63-59-83(77)87)85(91)93-86(92)76(48-40-38-36-34-32-30-28-26-24-22-20-18-16-14-2)72-58-62-88(10)74(66-72)50-52-78-82-56-54-80(70(8)46-42-44-68(5)6)90(82,12)64-60-84(78)88/h27-30,49-50,67-72,75-84H,13-26,31-48,51-66H2,1-12H3/b29-27-,30-28-/t69-,70-,71+,72+,75?,76?,77+,78+,79-,80-,81+,82+,83+,84+,87+,88+,89-,90-/m1/s1. The Morgan fingerprint density at radius 3 is 1.13 bits per heavy atom. The molecule has 6 saturated carbocycles. The molecule has 3 heteroatoms. The molecule has 2 unspecified atom stereocenters. The molecule has 18 atom stereocenters. The van der Waals surface area contributed by atoms with Crippen LogP contribution in [0.2, 0.25) is 0 Å². The molecule has 0 aromatic rings. The van der Waals surface area contributed by atoms with Crippen LogP contribution in [0.1, 0.15) is 391 Å². The summed E-state index contributed by atoms with van der Waals surface area (Å²) in [7, 11) is 0. The molecule has 0 heterocycles. The molecular weight excluding hydrogens is 1130 g/mol. The Balaban J connectivity index is 0.942. The van der Waals surface area contributed by atoms with Gasteiger partial charge in [-0.05, 0) is 271 Å². The van der Waals surface area contributed by atoms with Crippen LogP contribution >= 0.6 is 0 Å². The molecule has 0 aromatic carbocycles. The number of esters is 2. The van der Waals surface area contributed by atoms with Gasteiger partial charge in [0.1, 0.15) is 0 Å². The Kier molecular flexibility index (Phi) is 31.4. The predicted octanol–water partition coefficient (Wildman–Crippen LogP) is 27.9. The highest BCUT2D eigenvalue weighted by atomic mass is 16.6. The minimum atomic E-state index is -0.200. The third-order valence-corrected chi connectivity index (χ3v) is 29.7. The summed E-state index contributed by atoms with van der Waals surface area (Å²) < 4.78 is 6.63. The van der Waals surface area contributed by atoms with Gasteiger partial charge in [-0.3, -0.25) is 9.59 Å². The molecule has 532 valence electrons. The van der Waals surface area contributed by atoms with E-state index in [9.17, 15) is 0 Å². The van der Waals surface area contributed by atoms with Gasteiger partial charge in [0, 0.05) is 0 Å². The average Bonchev–Trinajstić information content (AvgIpc) is 1.34. The van der Waals surface area contributed by atoms with Crippen LogP contribution in [-0.4, -0.2) is 11.9 Å². The fourth-order valence-corrected chi connectivity index (χ4v) is 24.0. The zero-order valence-electron chi connectivity index (χ0n) is 63.9. The second-order valence-electron chi connectivity index (χ2n) is 36.6. The minimum absolute atomic E-state index is 0.152. The first kappa shape index (κ1) is 76.8. The molecule has 0 aliphatic heterocycles. The minimum Gasteiger partial charge on any atom is -0.393 e. The van der Waals surface area contributed by atoms with Crippen molar-refractivity contribution in [2.75, 3.05) is 0 Å². The lowest BCUT2D eigenvalue weighted by atomic mass is 9.46. The molecule has 3 nitrogen and oxygen atoms in total. The summed E-state index contributed by atoms with van der Waals surface area (Å²) in [4.78, 5) is 30.9. The lowest BCUT2D eigenvalue weighted by Gasteiger charge is -2.59. The van der Waals surface area contributed by atoms with E-state index in [4.69, 9.17) is 4.74 Å². The highest BCUT2D eigenvalue weighted by Gasteiger charge is 2.61. The predicted molar refractivity (Wildman–Crippen MR) is 401 cm³/mol. The Morgan fingerprint density at radius 1 is 0.409 bits per heavy atom. The van der Waals surface area contributed by atoms with Crippen molar-refractivity contribution in [2.24, 2.45) is 116 Å². The summed E-state index contributed by atoms with van der Waals surface area (Å²) in [6, 6.07) is 0. The Bertz CT molecular complexity index is 2150. The normalized spacial score (nSPS) is 33.7. The van der Waals surface area contributed by atoms with Crippen LogP contribution in [0.4, 0.5) is 0 Å². The van der Waals surface area contributed by atoms with Gasteiger partial charge in [-0.1, -0.05) is 272 Å². The number of rotatable bonds is 42. The summed E-state index contributed by atoms with van der Waals surface area (Å²) in [5.74, 6) is 9.70. The molecule has 0 radical (unpaired) electrons. The Hall–Kier alpha value is -1.90. The van der Waals surface area contributed by atoms with Gasteiger partial charge in [0.25, 0.3) is 0 Å². The van der Waals surface area contributed by atoms with Crippen LogP contribution in [-0.2, 0) is 14.3 Å². The number of carbonyl (C=O) groups excluding carboxylic acids is 2. The van der Waals surface area contributed by atoms with Gasteiger partial charge in [-0.25, -0.2) is 0 Å². The molecule has 8 rings (SSSR count). The SMILES string of the molecule is CCCCCCCC/C=C\CCCCCCC(C(=O)OC(=O)C(CCCCCC/C=C\CCCCCCCC)[C@H]1CC[C@@]2(C)C(=CC[C@H]3[C@@H]4CC[C@H]([C@H](C)CCCC(C)C)[C@@]4(C)CC[C@@H]32)C1)[C@H]1CC[C@@]2(C)C(=CC[C@H]3[C@@H]4CC[C@H]([C@H](C)CCCC(C)C)[C@@]4(C)CC[C@@H]32)C1. The van der Waals surface area contributed by atoms with Crippen molar-refractivity contribution in [2.45, 2.75) is 391 Å². The zero-order valence-corrected chi connectivity index (χ0v) is 63.9. The van der Waals surface area contributed by atoms with Gasteiger partial charge in [-0.15, -0.1) is 0 Å². The van der Waals surface area contributed by atoms with E-state index in [2.05, 4.69) is 120 Å². The van der Waals surface area contributed by atoms with Crippen molar-refractivity contribution in [3.8, 4) is 0 Å². The number of unbranched alkanes of at least 4 members (excludes halogenated alkanes) is 20. The highest BCUT2D eigenvalue weighted by molar-refractivity contribution is 5.88. The second-order valence-corrected chi connectivity index (χ2v) is 36.6. The van der Waals surface area contributed by atoms with Crippen molar-refractivity contribution < 1.29 is 14.3 Å². The van der Waals surface area contributed by atoms with E-state index in [-0.39, 0.29) is 46.4 Å². The molecule has 0 spiro atoms. The number of ether oxygens (including phenoxy) is 1. The number of hydrogen-bond acceptors (Lipinski definition) is 3. The van der Waals surface area contributed by atoms with Crippen LogP contribution in [0.5, 0.6) is 0 Å². The van der Waals surface area contributed by atoms with Gasteiger partial charge in [-0.2, -0.15) is 0 Å². The molecule has 8 aliphatic carbocycles. The van der Waals surface area contributed by atoms with E-state index in [0.717, 1.165) is 135 Å². The van der Waals surface area contributed by atoms with Gasteiger partial charge in [0.05, 0.1) is 11.8 Å². The summed E-state index contributed by atoms with van der Waals surface area (Å²) in [6.45, 7) is 30.3. The maximum Gasteiger partial charge on any atom is 0.316 e. The Labute approximate surface area is 578 Å². The monoisotopic (exact) mass is 1280 g/mol. The van der Waals surface area contributed by atoms with Crippen LogP contribution < -0.4 is 0 Å². The molecule has 0 bridgehead atoms. The topological polar surface area (TPSA) is 43.4 Å². The Morgan fingerprint density at radius 2 is 0.763 bits per heavy atom. The van der Waals surface area contributed by atoms with E-state index in [1.807, 2.05) is 0 Å². The lowest BCUT2D eigenvalue weighted by molar-refractivity contribution is -0.169. The van der Waals surface area contributed by atoms with Crippen LogP contribution in [0, 0.1) is 116 Å². The largest absolute Gasteiger partial charge is 0.393 e. The van der Waals surface area contributed by atoms with Gasteiger partial charge >= 0.3 is 11.9 Å². The fourth-order valence-electron chi connectivity index (χ4n) is 24.0. The third-order valence-electron chi connectivity index (χ3n) is 29.7. The second kappa shape index (κ2) is 38.1. The van der Waals surface area contributed by atoms with Gasteiger partial charge in [0.15, 0.2) is 0 Å². The van der Waals surface area contributed by atoms with E-state index in [1.54, 1.807) is 11.1 Å². The van der Waals surface area contributed by atoms with Crippen molar-refractivity contribution in [1.29, 1.82) is 0 Å².